The van der Waals surface area contributed by atoms with Gasteiger partial charge in [-0.05, 0) is 18.2 Å². The maximum Gasteiger partial charge on any atom is 0.167 e. The first-order chi connectivity index (χ1) is 9.28. The summed E-state index contributed by atoms with van der Waals surface area (Å²) in [6, 6.07) is 11.1. The van der Waals surface area contributed by atoms with Crippen molar-refractivity contribution in [3.05, 3.63) is 47.6 Å². The highest BCUT2D eigenvalue weighted by atomic mass is 35.5. The first-order valence-corrected chi connectivity index (χ1v) is 6.10. The highest BCUT2D eigenvalue weighted by Gasteiger charge is 2.13. The Morgan fingerprint density at radius 2 is 2.16 bits per heavy atom. The van der Waals surface area contributed by atoms with Gasteiger partial charge >= 0.3 is 0 Å². The van der Waals surface area contributed by atoms with Crippen LogP contribution in [0.25, 0.3) is 22.7 Å². The van der Waals surface area contributed by atoms with Crippen molar-refractivity contribution >= 4 is 11.6 Å². The van der Waals surface area contributed by atoms with Crippen LogP contribution in [0.5, 0.6) is 5.75 Å². The molecule has 0 saturated carbocycles. The number of halogens is 1. The molecule has 0 bridgehead atoms. The fourth-order valence-electron chi connectivity index (χ4n) is 1.90. The van der Waals surface area contributed by atoms with Gasteiger partial charge in [-0.2, -0.15) is 0 Å². The Morgan fingerprint density at radius 1 is 1.26 bits per heavy atom. The number of rotatable bonds is 3. The number of hydrogen-bond acceptors (Lipinski definition) is 3. The molecule has 1 aromatic carbocycles. The molecule has 0 saturated heterocycles. The van der Waals surface area contributed by atoms with Crippen molar-refractivity contribution in [2.75, 3.05) is 7.11 Å². The quantitative estimate of drug-likeness (QED) is 0.785. The minimum Gasteiger partial charge on any atom is -0.494 e. The lowest BCUT2D eigenvalue weighted by atomic mass is 10.1. The Kier molecular flexibility index (Phi) is 3.01. The summed E-state index contributed by atoms with van der Waals surface area (Å²) in [5, 5.41) is 4.70. The van der Waals surface area contributed by atoms with Crippen LogP contribution in [0.2, 0.25) is 5.02 Å². The molecule has 5 heteroatoms. The van der Waals surface area contributed by atoms with Crippen LogP contribution in [-0.2, 0) is 0 Å². The number of ether oxygens (including phenoxy) is 1. The second-order valence-corrected chi connectivity index (χ2v) is 4.44. The second kappa shape index (κ2) is 4.82. The number of aromatic amines is 1. The van der Waals surface area contributed by atoms with E-state index in [-0.39, 0.29) is 0 Å². The van der Waals surface area contributed by atoms with Gasteiger partial charge < -0.3 is 14.2 Å². The number of nitrogens with zero attached hydrogens (tertiary/aromatic N) is 1. The topological polar surface area (TPSA) is 51.0 Å². The van der Waals surface area contributed by atoms with Crippen LogP contribution in [0.1, 0.15) is 0 Å². The molecule has 0 amide bonds. The largest absolute Gasteiger partial charge is 0.494 e. The number of benzene rings is 1. The molecule has 0 aliphatic heterocycles. The van der Waals surface area contributed by atoms with Crippen molar-refractivity contribution in [2.24, 2.45) is 0 Å². The van der Waals surface area contributed by atoms with Gasteiger partial charge in [0.15, 0.2) is 5.76 Å². The third-order valence-electron chi connectivity index (χ3n) is 2.80. The molecule has 2 aromatic heterocycles. The van der Waals surface area contributed by atoms with E-state index in [1.54, 1.807) is 13.3 Å². The van der Waals surface area contributed by atoms with Crippen molar-refractivity contribution < 1.29 is 9.26 Å². The van der Waals surface area contributed by atoms with Crippen molar-refractivity contribution in [2.45, 2.75) is 0 Å². The molecule has 2 heterocycles. The van der Waals surface area contributed by atoms with Crippen molar-refractivity contribution in [1.82, 2.24) is 10.1 Å². The monoisotopic (exact) mass is 274 g/mol. The SMILES string of the molecule is COc1cc[nH]c1-c1cc(-c2cccc(Cl)c2)on1. The maximum atomic E-state index is 5.96. The zero-order chi connectivity index (χ0) is 13.2. The highest BCUT2D eigenvalue weighted by molar-refractivity contribution is 6.30. The first-order valence-electron chi connectivity index (χ1n) is 5.72. The van der Waals surface area contributed by atoms with Gasteiger partial charge in [-0.15, -0.1) is 0 Å². The molecule has 0 atom stereocenters. The molecule has 0 radical (unpaired) electrons. The number of nitrogens with one attached hydrogen (secondary N) is 1. The van der Waals surface area contributed by atoms with Crippen LogP contribution in [0, 0.1) is 0 Å². The molecule has 0 aliphatic carbocycles. The van der Waals surface area contributed by atoms with Gasteiger partial charge in [0, 0.05) is 22.8 Å². The third-order valence-corrected chi connectivity index (χ3v) is 3.04. The van der Waals surface area contributed by atoms with E-state index in [4.69, 9.17) is 20.9 Å². The van der Waals surface area contributed by atoms with Crippen LogP contribution in [0.3, 0.4) is 0 Å². The van der Waals surface area contributed by atoms with E-state index < -0.39 is 0 Å². The van der Waals surface area contributed by atoms with E-state index in [2.05, 4.69) is 10.1 Å². The van der Waals surface area contributed by atoms with E-state index in [0.717, 1.165) is 17.0 Å². The fourth-order valence-corrected chi connectivity index (χ4v) is 2.09. The highest BCUT2D eigenvalue weighted by Crippen LogP contribution is 2.31. The minimum absolute atomic E-state index is 0.660. The molecular formula is C14H11ClN2O2. The minimum atomic E-state index is 0.660. The van der Waals surface area contributed by atoms with E-state index in [0.29, 0.717) is 16.5 Å². The summed E-state index contributed by atoms with van der Waals surface area (Å²) < 4.78 is 10.6. The number of hydrogen-bond donors (Lipinski definition) is 1. The average molecular weight is 275 g/mol. The Morgan fingerprint density at radius 3 is 2.95 bits per heavy atom. The molecule has 0 aliphatic rings. The first kappa shape index (κ1) is 11.9. The predicted octanol–water partition coefficient (Wildman–Crippen LogP) is 4.00. The lowest BCUT2D eigenvalue weighted by Crippen LogP contribution is -1.84. The van der Waals surface area contributed by atoms with Gasteiger partial charge in [0.25, 0.3) is 0 Å². The summed E-state index contributed by atoms with van der Waals surface area (Å²) in [7, 11) is 1.62. The summed E-state index contributed by atoms with van der Waals surface area (Å²) in [5.74, 6) is 1.39. The molecule has 0 fully saturated rings. The van der Waals surface area contributed by atoms with E-state index in [1.807, 2.05) is 36.4 Å². The molecule has 4 nitrogen and oxygen atoms in total. The molecule has 0 spiro atoms. The maximum absolute atomic E-state index is 5.96. The Labute approximate surface area is 115 Å². The number of H-pyrrole nitrogens is 1. The number of methoxy groups -OCH3 is 1. The van der Waals surface area contributed by atoms with E-state index in [9.17, 15) is 0 Å². The predicted molar refractivity (Wildman–Crippen MR) is 73.3 cm³/mol. The van der Waals surface area contributed by atoms with Gasteiger partial charge in [-0.1, -0.05) is 28.9 Å². The van der Waals surface area contributed by atoms with Crippen LogP contribution in [-0.4, -0.2) is 17.3 Å². The normalized spacial score (nSPS) is 10.6. The molecule has 3 rings (SSSR count). The average Bonchev–Trinajstić information content (AvgIpc) is 3.07. The Balaban J connectivity index is 2.00. The Bertz CT molecular complexity index is 703. The van der Waals surface area contributed by atoms with Gasteiger partial charge in [-0.3, -0.25) is 0 Å². The summed E-state index contributed by atoms with van der Waals surface area (Å²) >= 11 is 5.96. The molecule has 1 N–H and O–H groups in total. The van der Waals surface area contributed by atoms with Gasteiger partial charge in [0.2, 0.25) is 0 Å². The second-order valence-electron chi connectivity index (χ2n) is 4.01. The lowest BCUT2D eigenvalue weighted by molar-refractivity contribution is 0.414. The molecule has 0 unspecified atom stereocenters. The fraction of sp³-hybridized carbons (Fsp3) is 0.0714. The van der Waals surface area contributed by atoms with Crippen molar-refractivity contribution in [3.8, 4) is 28.5 Å². The Hall–Kier alpha value is -2.20. The van der Waals surface area contributed by atoms with E-state index in [1.165, 1.54) is 0 Å². The zero-order valence-electron chi connectivity index (χ0n) is 10.2. The van der Waals surface area contributed by atoms with Gasteiger partial charge in [-0.25, -0.2) is 0 Å². The van der Waals surface area contributed by atoms with Crippen molar-refractivity contribution in [1.29, 1.82) is 0 Å². The summed E-state index contributed by atoms with van der Waals surface area (Å²) in [6.45, 7) is 0. The summed E-state index contributed by atoms with van der Waals surface area (Å²) in [5.41, 5.74) is 2.37. The zero-order valence-corrected chi connectivity index (χ0v) is 10.9. The van der Waals surface area contributed by atoms with Crippen LogP contribution >= 0.6 is 11.6 Å². The van der Waals surface area contributed by atoms with Crippen LogP contribution in [0.4, 0.5) is 0 Å². The van der Waals surface area contributed by atoms with Gasteiger partial charge in [0.1, 0.15) is 17.1 Å². The van der Waals surface area contributed by atoms with Crippen LogP contribution < -0.4 is 4.74 Å². The smallest absolute Gasteiger partial charge is 0.167 e. The third kappa shape index (κ3) is 2.22. The summed E-state index contributed by atoms with van der Waals surface area (Å²) in [6.07, 6.45) is 1.79. The standard InChI is InChI=1S/C14H11ClN2O2/c1-18-12-5-6-16-14(12)11-8-13(19-17-11)9-3-2-4-10(15)7-9/h2-8,16H,1H3. The van der Waals surface area contributed by atoms with Gasteiger partial charge in [0.05, 0.1) is 7.11 Å². The molecule has 96 valence electrons. The summed E-state index contributed by atoms with van der Waals surface area (Å²) in [4.78, 5) is 3.08. The molecular weight excluding hydrogens is 264 g/mol. The van der Waals surface area contributed by atoms with Crippen molar-refractivity contribution in [3.63, 3.8) is 0 Å². The molecule has 19 heavy (non-hydrogen) atoms. The number of aromatic nitrogens is 2. The van der Waals surface area contributed by atoms with E-state index >= 15 is 0 Å². The van der Waals surface area contributed by atoms with Crippen LogP contribution in [0.15, 0.2) is 47.1 Å². The lowest BCUT2D eigenvalue weighted by Gasteiger charge is -1.97. The molecule has 3 aromatic rings.